The van der Waals surface area contributed by atoms with Crippen molar-refractivity contribution in [1.29, 1.82) is 0 Å². The SMILES string of the molecule is CCOCC(C)C1=NCCO1. The van der Waals surface area contributed by atoms with Gasteiger partial charge >= 0.3 is 0 Å². The minimum Gasteiger partial charge on any atom is -0.479 e. The molecule has 1 unspecified atom stereocenters. The monoisotopic (exact) mass is 157 g/mol. The van der Waals surface area contributed by atoms with Crippen LogP contribution in [0.25, 0.3) is 0 Å². The summed E-state index contributed by atoms with van der Waals surface area (Å²) in [6.45, 7) is 7.09. The van der Waals surface area contributed by atoms with E-state index in [-0.39, 0.29) is 0 Å². The van der Waals surface area contributed by atoms with Gasteiger partial charge in [0, 0.05) is 6.61 Å². The summed E-state index contributed by atoms with van der Waals surface area (Å²) in [5.74, 6) is 1.18. The highest BCUT2D eigenvalue weighted by molar-refractivity contribution is 5.79. The van der Waals surface area contributed by atoms with Crippen LogP contribution in [0.3, 0.4) is 0 Å². The molecule has 0 radical (unpaired) electrons. The fraction of sp³-hybridized carbons (Fsp3) is 0.875. The van der Waals surface area contributed by atoms with Crippen LogP contribution in [0.2, 0.25) is 0 Å². The highest BCUT2D eigenvalue weighted by Gasteiger charge is 2.15. The summed E-state index contributed by atoms with van der Waals surface area (Å²) in [6, 6.07) is 0. The molecule has 1 heterocycles. The van der Waals surface area contributed by atoms with Gasteiger partial charge in [0.1, 0.15) is 6.61 Å². The van der Waals surface area contributed by atoms with E-state index in [1.807, 2.05) is 6.92 Å². The maximum Gasteiger partial charge on any atom is 0.188 e. The summed E-state index contributed by atoms with van der Waals surface area (Å²) in [4.78, 5) is 4.20. The first kappa shape index (κ1) is 8.53. The van der Waals surface area contributed by atoms with Gasteiger partial charge in [-0.15, -0.1) is 0 Å². The molecule has 64 valence electrons. The van der Waals surface area contributed by atoms with Crippen molar-refractivity contribution in [3.63, 3.8) is 0 Å². The van der Waals surface area contributed by atoms with Crippen molar-refractivity contribution in [2.24, 2.45) is 10.9 Å². The molecular weight excluding hydrogens is 142 g/mol. The zero-order valence-electron chi connectivity index (χ0n) is 7.17. The number of rotatable bonds is 4. The number of ether oxygens (including phenoxy) is 2. The predicted molar refractivity (Wildman–Crippen MR) is 43.9 cm³/mol. The Morgan fingerprint density at radius 1 is 1.73 bits per heavy atom. The second-order valence-electron chi connectivity index (χ2n) is 2.63. The molecule has 0 fully saturated rings. The van der Waals surface area contributed by atoms with Gasteiger partial charge in [0.25, 0.3) is 0 Å². The Kier molecular flexibility index (Phi) is 3.36. The molecular formula is C8H15NO2. The van der Waals surface area contributed by atoms with Crippen molar-refractivity contribution in [2.45, 2.75) is 13.8 Å². The fourth-order valence-electron chi connectivity index (χ4n) is 1.02. The van der Waals surface area contributed by atoms with Gasteiger partial charge in [-0.3, -0.25) is 4.99 Å². The van der Waals surface area contributed by atoms with Crippen LogP contribution >= 0.6 is 0 Å². The normalized spacial score (nSPS) is 19.3. The smallest absolute Gasteiger partial charge is 0.188 e. The van der Waals surface area contributed by atoms with E-state index in [2.05, 4.69) is 11.9 Å². The third kappa shape index (κ3) is 2.50. The van der Waals surface area contributed by atoms with Gasteiger partial charge in [0.2, 0.25) is 0 Å². The van der Waals surface area contributed by atoms with Gasteiger partial charge in [-0.2, -0.15) is 0 Å². The molecule has 0 N–H and O–H groups in total. The maximum atomic E-state index is 5.28. The Morgan fingerprint density at radius 2 is 2.55 bits per heavy atom. The molecule has 0 bridgehead atoms. The topological polar surface area (TPSA) is 30.8 Å². The molecule has 0 aromatic carbocycles. The summed E-state index contributed by atoms with van der Waals surface area (Å²) in [7, 11) is 0. The van der Waals surface area contributed by atoms with E-state index in [1.54, 1.807) is 0 Å². The molecule has 1 atom stereocenters. The third-order valence-corrected chi connectivity index (χ3v) is 1.60. The first-order chi connectivity index (χ1) is 5.34. The van der Waals surface area contributed by atoms with Crippen molar-refractivity contribution in [1.82, 2.24) is 0 Å². The first-order valence-corrected chi connectivity index (χ1v) is 4.09. The summed E-state index contributed by atoms with van der Waals surface area (Å²) in [5, 5.41) is 0. The Labute approximate surface area is 67.4 Å². The first-order valence-electron chi connectivity index (χ1n) is 4.09. The molecule has 1 aliphatic rings. The number of hydrogen-bond acceptors (Lipinski definition) is 3. The average Bonchev–Trinajstić information content (AvgIpc) is 2.52. The van der Waals surface area contributed by atoms with Gasteiger partial charge in [-0.1, -0.05) is 6.92 Å². The third-order valence-electron chi connectivity index (χ3n) is 1.60. The summed E-state index contributed by atoms with van der Waals surface area (Å²) in [5.41, 5.74) is 0. The Hall–Kier alpha value is -0.570. The number of nitrogens with zero attached hydrogens (tertiary/aromatic N) is 1. The highest BCUT2D eigenvalue weighted by atomic mass is 16.5. The van der Waals surface area contributed by atoms with Crippen LogP contribution in [0, 0.1) is 5.92 Å². The molecule has 0 aromatic heterocycles. The molecule has 1 rings (SSSR count). The quantitative estimate of drug-likeness (QED) is 0.611. The molecule has 1 aliphatic heterocycles. The molecule has 0 saturated heterocycles. The van der Waals surface area contributed by atoms with Crippen LogP contribution in [-0.4, -0.2) is 32.3 Å². The van der Waals surface area contributed by atoms with E-state index in [9.17, 15) is 0 Å². The van der Waals surface area contributed by atoms with E-state index in [0.717, 1.165) is 32.3 Å². The van der Waals surface area contributed by atoms with Crippen molar-refractivity contribution < 1.29 is 9.47 Å². The Balaban J connectivity index is 2.23. The fourth-order valence-corrected chi connectivity index (χ4v) is 1.02. The lowest BCUT2D eigenvalue weighted by Gasteiger charge is -2.10. The minimum absolute atomic E-state index is 0.317. The predicted octanol–water partition coefficient (Wildman–Crippen LogP) is 1.09. The Bertz CT molecular complexity index is 145. The van der Waals surface area contributed by atoms with Crippen LogP contribution < -0.4 is 0 Å². The lowest BCUT2D eigenvalue weighted by molar-refractivity contribution is 0.127. The molecule has 0 saturated carbocycles. The second-order valence-corrected chi connectivity index (χ2v) is 2.63. The molecule has 0 spiro atoms. The van der Waals surface area contributed by atoms with Crippen molar-refractivity contribution in [3.05, 3.63) is 0 Å². The zero-order valence-corrected chi connectivity index (χ0v) is 7.17. The largest absolute Gasteiger partial charge is 0.479 e. The molecule has 0 aromatic rings. The van der Waals surface area contributed by atoms with Crippen molar-refractivity contribution >= 4 is 5.90 Å². The summed E-state index contributed by atoms with van der Waals surface area (Å²) in [6.07, 6.45) is 0. The second kappa shape index (κ2) is 4.34. The zero-order chi connectivity index (χ0) is 8.10. The standard InChI is InChI=1S/C8H15NO2/c1-3-10-6-7(2)8-9-4-5-11-8/h7H,3-6H2,1-2H3. The van der Waals surface area contributed by atoms with Gasteiger partial charge in [0.05, 0.1) is 19.1 Å². The summed E-state index contributed by atoms with van der Waals surface area (Å²) >= 11 is 0. The molecule has 3 nitrogen and oxygen atoms in total. The van der Waals surface area contributed by atoms with Gasteiger partial charge in [0.15, 0.2) is 5.90 Å². The van der Waals surface area contributed by atoms with Crippen molar-refractivity contribution in [2.75, 3.05) is 26.4 Å². The van der Waals surface area contributed by atoms with Crippen LogP contribution in [0.5, 0.6) is 0 Å². The maximum absolute atomic E-state index is 5.28. The molecule has 0 aliphatic carbocycles. The van der Waals surface area contributed by atoms with E-state index < -0.39 is 0 Å². The van der Waals surface area contributed by atoms with Crippen LogP contribution in [0.4, 0.5) is 0 Å². The van der Waals surface area contributed by atoms with E-state index in [1.165, 1.54) is 0 Å². The summed E-state index contributed by atoms with van der Waals surface area (Å²) < 4.78 is 10.5. The van der Waals surface area contributed by atoms with Crippen molar-refractivity contribution in [3.8, 4) is 0 Å². The van der Waals surface area contributed by atoms with Gasteiger partial charge in [-0.05, 0) is 6.92 Å². The average molecular weight is 157 g/mol. The number of hydrogen-bond donors (Lipinski definition) is 0. The van der Waals surface area contributed by atoms with E-state index >= 15 is 0 Å². The Morgan fingerprint density at radius 3 is 3.09 bits per heavy atom. The van der Waals surface area contributed by atoms with Gasteiger partial charge in [-0.25, -0.2) is 0 Å². The minimum atomic E-state index is 0.317. The van der Waals surface area contributed by atoms with E-state index in [0.29, 0.717) is 5.92 Å². The lowest BCUT2D eigenvalue weighted by Crippen LogP contribution is -2.17. The molecule has 0 amide bonds. The van der Waals surface area contributed by atoms with Crippen LogP contribution in [-0.2, 0) is 9.47 Å². The van der Waals surface area contributed by atoms with E-state index in [4.69, 9.17) is 9.47 Å². The lowest BCUT2D eigenvalue weighted by atomic mass is 10.2. The van der Waals surface area contributed by atoms with Crippen LogP contribution in [0.15, 0.2) is 4.99 Å². The molecule has 11 heavy (non-hydrogen) atoms. The van der Waals surface area contributed by atoms with Crippen LogP contribution in [0.1, 0.15) is 13.8 Å². The molecule has 3 heteroatoms. The van der Waals surface area contributed by atoms with Gasteiger partial charge < -0.3 is 9.47 Å². The number of aliphatic imine (C=N–C) groups is 1. The highest BCUT2D eigenvalue weighted by Crippen LogP contribution is 2.06.